The van der Waals surface area contributed by atoms with Crippen LogP contribution in [0.25, 0.3) is 4.85 Å². The molecule has 8 nitrogen and oxygen atoms in total. The molecule has 1 saturated heterocycles. The number of benzene rings is 1. The molecule has 2 heterocycles. The summed E-state index contributed by atoms with van der Waals surface area (Å²) in [6.07, 6.45) is 9.80. The Hall–Kier alpha value is -2.92. The third kappa shape index (κ3) is 6.32. The topological polar surface area (TPSA) is 73.6 Å². The van der Waals surface area contributed by atoms with E-state index in [1.165, 1.54) is 38.5 Å². The van der Waals surface area contributed by atoms with Crippen molar-refractivity contribution in [2.75, 3.05) is 41.8 Å². The highest BCUT2D eigenvalue weighted by Crippen LogP contribution is 2.26. The van der Waals surface area contributed by atoms with Crippen molar-refractivity contribution in [3.63, 3.8) is 0 Å². The fourth-order valence-corrected chi connectivity index (χ4v) is 4.93. The lowest BCUT2D eigenvalue weighted by Crippen LogP contribution is -2.35. The van der Waals surface area contributed by atoms with Gasteiger partial charge in [-0.1, -0.05) is 50.8 Å². The molecule has 1 atom stereocenters. The number of hydrogen-bond acceptors (Lipinski definition) is 7. The molecule has 0 radical (unpaired) electrons. The van der Waals surface area contributed by atoms with Crippen molar-refractivity contribution in [3.05, 3.63) is 41.7 Å². The number of para-hydroxylation sites is 1. The van der Waals surface area contributed by atoms with Gasteiger partial charge in [-0.05, 0) is 50.9 Å². The summed E-state index contributed by atoms with van der Waals surface area (Å²) in [7, 11) is 0. The summed E-state index contributed by atoms with van der Waals surface area (Å²) >= 11 is 0. The molecule has 0 bridgehead atoms. The highest BCUT2D eigenvalue weighted by atomic mass is 15.4. The number of likely N-dealkylation sites (tertiary alicyclic amines) is 1. The van der Waals surface area contributed by atoms with E-state index in [4.69, 9.17) is 21.5 Å². The molecule has 1 aliphatic heterocycles. The summed E-state index contributed by atoms with van der Waals surface area (Å²) in [4.78, 5) is 22.2. The average Bonchev–Trinajstić information content (AvgIpc) is 3.16. The molecule has 1 aliphatic carbocycles. The Labute approximate surface area is 197 Å². The summed E-state index contributed by atoms with van der Waals surface area (Å²) in [5, 5.41) is 7.06. The monoisotopic (exact) mass is 448 g/mol. The first kappa shape index (κ1) is 23.2. The van der Waals surface area contributed by atoms with Gasteiger partial charge >= 0.3 is 0 Å². The molecule has 8 heteroatoms. The van der Waals surface area contributed by atoms with Crippen molar-refractivity contribution in [2.45, 2.75) is 70.4 Å². The number of nitrogens with one attached hydrogen (secondary N) is 2. The first-order valence-corrected chi connectivity index (χ1v) is 12.4. The van der Waals surface area contributed by atoms with E-state index < -0.39 is 0 Å². The van der Waals surface area contributed by atoms with E-state index in [0.717, 1.165) is 38.2 Å². The van der Waals surface area contributed by atoms with Crippen LogP contribution >= 0.6 is 0 Å². The van der Waals surface area contributed by atoms with Crippen LogP contribution in [0.2, 0.25) is 0 Å². The van der Waals surface area contributed by atoms with Crippen molar-refractivity contribution >= 4 is 23.5 Å². The van der Waals surface area contributed by atoms with Gasteiger partial charge in [0.1, 0.15) is 0 Å². The highest BCUT2D eigenvalue weighted by Gasteiger charge is 2.24. The maximum Gasteiger partial charge on any atom is 0.295 e. The molecule has 4 rings (SSSR count). The SMILES string of the molecule is [C-]#[N+]CN(c1ccccc1)c1nc(NC[C@H]2CCCN2CC)nc(NC2CCCCCC2)n1. The predicted molar refractivity (Wildman–Crippen MR) is 134 cm³/mol. The minimum absolute atomic E-state index is 0.155. The lowest BCUT2D eigenvalue weighted by molar-refractivity contribution is 0.277. The normalized spacial score (nSPS) is 19.6. The van der Waals surface area contributed by atoms with Gasteiger partial charge in [0.05, 0.1) is 5.69 Å². The fraction of sp³-hybridized carbons (Fsp3) is 0.600. The number of rotatable bonds is 9. The lowest BCUT2D eigenvalue weighted by Gasteiger charge is -2.24. The zero-order valence-electron chi connectivity index (χ0n) is 19.7. The van der Waals surface area contributed by atoms with Gasteiger partial charge < -0.3 is 10.6 Å². The Morgan fingerprint density at radius 3 is 2.48 bits per heavy atom. The lowest BCUT2D eigenvalue weighted by atomic mass is 10.1. The van der Waals surface area contributed by atoms with E-state index in [0.29, 0.717) is 29.9 Å². The molecule has 2 aliphatic rings. The van der Waals surface area contributed by atoms with E-state index in [9.17, 15) is 0 Å². The molecule has 33 heavy (non-hydrogen) atoms. The van der Waals surface area contributed by atoms with Gasteiger partial charge in [-0.3, -0.25) is 9.74 Å². The average molecular weight is 449 g/mol. The largest absolute Gasteiger partial charge is 0.352 e. The van der Waals surface area contributed by atoms with Crippen molar-refractivity contribution in [3.8, 4) is 0 Å². The number of likely N-dealkylation sites (N-methyl/N-ethyl adjacent to an activating group) is 1. The van der Waals surface area contributed by atoms with Crippen LogP contribution in [-0.2, 0) is 0 Å². The Bertz CT molecular complexity index is 904. The van der Waals surface area contributed by atoms with Crippen LogP contribution < -0.4 is 15.5 Å². The number of anilines is 4. The smallest absolute Gasteiger partial charge is 0.295 e. The minimum atomic E-state index is 0.155. The molecular formula is C25H36N8. The van der Waals surface area contributed by atoms with Crippen LogP contribution in [0, 0.1) is 6.57 Å². The molecule has 2 fully saturated rings. The van der Waals surface area contributed by atoms with Gasteiger partial charge in [-0.2, -0.15) is 15.0 Å². The fourth-order valence-electron chi connectivity index (χ4n) is 4.93. The van der Waals surface area contributed by atoms with Crippen LogP contribution in [0.4, 0.5) is 23.5 Å². The Kier molecular flexibility index (Phi) is 8.31. The van der Waals surface area contributed by atoms with Gasteiger partial charge in [-0.25, -0.2) is 11.5 Å². The molecule has 2 aromatic rings. The van der Waals surface area contributed by atoms with Crippen molar-refractivity contribution in [1.29, 1.82) is 0 Å². The van der Waals surface area contributed by atoms with Gasteiger partial charge in [-0.15, -0.1) is 0 Å². The van der Waals surface area contributed by atoms with Gasteiger partial charge in [0.25, 0.3) is 6.67 Å². The maximum absolute atomic E-state index is 7.48. The molecule has 1 aromatic carbocycles. The number of nitrogens with zero attached hydrogens (tertiary/aromatic N) is 6. The molecule has 0 amide bonds. The van der Waals surface area contributed by atoms with Gasteiger partial charge in [0.2, 0.25) is 17.8 Å². The first-order chi connectivity index (χ1) is 16.3. The molecule has 0 spiro atoms. The molecule has 1 aromatic heterocycles. The second-order valence-electron chi connectivity index (χ2n) is 8.98. The second kappa shape index (κ2) is 11.8. The van der Waals surface area contributed by atoms with E-state index in [1.54, 1.807) is 0 Å². The summed E-state index contributed by atoms with van der Waals surface area (Å²) < 4.78 is 0. The minimum Gasteiger partial charge on any atom is -0.352 e. The van der Waals surface area contributed by atoms with E-state index >= 15 is 0 Å². The van der Waals surface area contributed by atoms with Crippen LogP contribution in [0.15, 0.2) is 30.3 Å². The van der Waals surface area contributed by atoms with Crippen molar-refractivity contribution in [1.82, 2.24) is 19.9 Å². The van der Waals surface area contributed by atoms with Gasteiger partial charge in [0.15, 0.2) is 0 Å². The summed E-state index contributed by atoms with van der Waals surface area (Å²) in [5.74, 6) is 1.67. The van der Waals surface area contributed by atoms with Gasteiger partial charge in [0, 0.05) is 18.6 Å². The third-order valence-corrected chi connectivity index (χ3v) is 6.73. The quantitative estimate of drug-likeness (QED) is 0.417. The molecular weight excluding hydrogens is 412 g/mol. The second-order valence-corrected chi connectivity index (χ2v) is 8.98. The Morgan fingerprint density at radius 1 is 1.00 bits per heavy atom. The number of hydrogen-bond donors (Lipinski definition) is 2. The number of aromatic nitrogens is 3. The molecule has 1 saturated carbocycles. The van der Waals surface area contributed by atoms with Crippen molar-refractivity contribution < 1.29 is 0 Å². The van der Waals surface area contributed by atoms with Crippen LogP contribution in [0.5, 0.6) is 0 Å². The Morgan fingerprint density at radius 2 is 1.76 bits per heavy atom. The van der Waals surface area contributed by atoms with Crippen molar-refractivity contribution in [2.24, 2.45) is 0 Å². The zero-order valence-corrected chi connectivity index (χ0v) is 19.7. The summed E-state index contributed by atoms with van der Waals surface area (Å²) in [6.45, 7) is 12.9. The first-order valence-electron chi connectivity index (χ1n) is 12.4. The zero-order chi connectivity index (χ0) is 22.9. The highest BCUT2D eigenvalue weighted by molar-refractivity contribution is 5.59. The van der Waals surface area contributed by atoms with Crippen LogP contribution in [0.3, 0.4) is 0 Å². The van der Waals surface area contributed by atoms with Crippen LogP contribution in [-0.4, -0.2) is 58.2 Å². The Balaban J connectivity index is 1.59. The summed E-state index contributed by atoms with van der Waals surface area (Å²) in [5.41, 5.74) is 0.902. The van der Waals surface area contributed by atoms with E-state index in [1.807, 2.05) is 35.2 Å². The summed E-state index contributed by atoms with van der Waals surface area (Å²) in [6, 6.07) is 10.8. The molecule has 0 unspecified atom stereocenters. The maximum atomic E-state index is 7.48. The van der Waals surface area contributed by atoms with E-state index in [-0.39, 0.29) is 6.67 Å². The molecule has 176 valence electrons. The predicted octanol–water partition coefficient (Wildman–Crippen LogP) is 4.92. The van der Waals surface area contributed by atoms with Crippen LogP contribution in [0.1, 0.15) is 58.3 Å². The third-order valence-electron chi connectivity index (χ3n) is 6.73. The molecule has 2 N–H and O–H groups in total. The standard InChI is InChI=1S/C25H36N8/c1-3-32-17-11-16-22(32)18-27-23-29-24(28-20-12-7-4-5-8-13-20)31-25(30-23)33(19-26-2)21-14-9-6-10-15-21/h6,9-10,14-15,20,22H,3-5,7-8,11-13,16-19H2,1H3,(H2,27,28,29,30,31)/t22-/m1/s1. The van der Waals surface area contributed by atoms with E-state index in [2.05, 4.69) is 27.3 Å².